The Morgan fingerprint density at radius 2 is 1.72 bits per heavy atom. The molecule has 0 saturated heterocycles. The average Bonchev–Trinajstić information content (AvgIpc) is 3.18. The molecule has 0 radical (unpaired) electrons. The molecule has 0 atom stereocenters. The third-order valence-electron chi connectivity index (χ3n) is 5.06. The topological polar surface area (TPSA) is 90.0 Å². The third kappa shape index (κ3) is 4.71. The van der Waals surface area contributed by atoms with Crippen LogP contribution in [0.4, 0.5) is 5.69 Å². The van der Waals surface area contributed by atoms with Crippen LogP contribution < -0.4 is 11.1 Å². The van der Waals surface area contributed by atoms with Gasteiger partial charge in [-0.25, -0.2) is 0 Å². The van der Waals surface area contributed by atoms with Crippen molar-refractivity contribution in [2.24, 2.45) is 5.73 Å². The molecule has 6 nitrogen and oxygen atoms in total. The van der Waals surface area contributed by atoms with E-state index in [2.05, 4.69) is 10.4 Å². The van der Waals surface area contributed by atoms with Crippen molar-refractivity contribution in [3.05, 3.63) is 106 Å². The summed E-state index contributed by atoms with van der Waals surface area (Å²) in [5.74, 6) is -0.812. The number of primary amides is 1. The van der Waals surface area contributed by atoms with E-state index in [4.69, 9.17) is 17.3 Å². The van der Waals surface area contributed by atoms with Crippen LogP contribution in [0, 0.1) is 6.92 Å². The fraction of sp³-hybridized carbons (Fsp3) is 0.0800. The second-order valence-corrected chi connectivity index (χ2v) is 7.87. The van der Waals surface area contributed by atoms with Gasteiger partial charge in [-0.3, -0.25) is 14.3 Å². The number of carbonyl (C=O) groups excluding carboxylic acids is 2. The number of rotatable bonds is 6. The van der Waals surface area contributed by atoms with Crippen LogP contribution in [0.5, 0.6) is 0 Å². The Bertz CT molecular complexity index is 1280. The van der Waals surface area contributed by atoms with E-state index in [1.807, 2.05) is 42.5 Å². The van der Waals surface area contributed by atoms with E-state index in [1.54, 1.807) is 48.1 Å². The summed E-state index contributed by atoms with van der Waals surface area (Å²) in [5, 5.41) is 8.17. The number of benzene rings is 3. The van der Waals surface area contributed by atoms with E-state index in [1.165, 1.54) is 0 Å². The molecule has 0 unspecified atom stereocenters. The highest BCUT2D eigenvalue weighted by Crippen LogP contribution is 2.25. The van der Waals surface area contributed by atoms with Gasteiger partial charge in [-0.05, 0) is 48.4 Å². The lowest BCUT2D eigenvalue weighted by Gasteiger charge is -2.08. The molecule has 0 aliphatic heterocycles. The highest BCUT2D eigenvalue weighted by molar-refractivity contribution is 6.30. The second-order valence-electron chi connectivity index (χ2n) is 7.43. The number of amides is 2. The number of hydrogen-bond acceptors (Lipinski definition) is 3. The van der Waals surface area contributed by atoms with Gasteiger partial charge in [-0.15, -0.1) is 0 Å². The number of aryl methyl sites for hydroxylation is 1. The number of aromatic nitrogens is 2. The van der Waals surface area contributed by atoms with Crippen LogP contribution in [0.2, 0.25) is 5.02 Å². The zero-order valence-corrected chi connectivity index (χ0v) is 18.1. The summed E-state index contributed by atoms with van der Waals surface area (Å²) in [6, 6.07) is 22.1. The van der Waals surface area contributed by atoms with Crippen LogP contribution >= 0.6 is 11.6 Å². The number of carbonyl (C=O) groups is 2. The first-order chi connectivity index (χ1) is 15.4. The molecule has 1 aromatic heterocycles. The Labute approximate surface area is 190 Å². The van der Waals surface area contributed by atoms with Crippen molar-refractivity contribution in [3.63, 3.8) is 0 Å². The van der Waals surface area contributed by atoms with Crippen LogP contribution in [0.3, 0.4) is 0 Å². The molecule has 0 saturated carbocycles. The lowest BCUT2D eigenvalue weighted by atomic mass is 10.1. The number of nitrogens with one attached hydrogen (secondary N) is 1. The van der Waals surface area contributed by atoms with Crippen molar-refractivity contribution in [1.82, 2.24) is 9.78 Å². The summed E-state index contributed by atoms with van der Waals surface area (Å²) < 4.78 is 1.75. The van der Waals surface area contributed by atoms with Gasteiger partial charge in [0, 0.05) is 28.0 Å². The molecule has 32 heavy (non-hydrogen) atoms. The van der Waals surface area contributed by atoms with Gasteiger partial charge >= 0.3 is 0 Å². The van der Waals surface area contributed by atoms with Crippen molar-refractivity contribution in [2.45, 2.75) is 13.5 Å². The van der Waals surface area contributed by atoms with E-state index >= 15 is 0 Å². The van der Waals surface area contributed by atoms with Crippen molar-refractivity contribution in [1.29, 1.82) is 0 Å². The first-order valence-electron chi connectivity index (χ1n) is 10.00. The lowest BCUT2D eigenvalue weighted by molar-refractivity contribution is 0.0997. The minimum Gasteiger partial charge on any atom is -0.366 e. The SMILES string of the molecule is Cc1cc(NC(=O)c2cn(Cc3ccccc3)nc2-c2ccc(Cl)cc2)ccc1C(N)=O. The van der Waals surface area contributed by atoms with Gasteiger partial charge in [-0.2, -0.15) is 5.10 Å². The fourth-order valence-corrected chi connectivity index (χ4v) is 3.60. The largest absolute Gasteiger partial charge is 0.366 e. The maximum atomic E-state index is 13.2. The first-order valence-corrected chi connectivity index (χ1v) is 10.4. The molecular weight excluding hydrogens is 424 g/mol. The number of halogens is 1. The number of nitrogens with two attached hydrogens (primary N) is 1. The molecule has 4 rings (SSSR count). The Balaban J connectivity index is 1.67. The van der Waals surface area contributed by atoms with E-state index in [-0.39, 0.29) is 5.91 Å². The van der Waals surface area contributed by atoms with Crippen molar-refractivity contribution < 1.29 is 9.59 Å². The van der Waals surface area contributed by atoms with Gasteiger partial charge in [0.1, 0.15) is 5.69 Å². The van der Waals surface area contributed by atoms with E-state index < -0.39 is 5.91 Å². The van der Waals surface area contributed by atoms with Gasteiger partial charge in [-0.1, -0.05) is 54.1 Å². The molecule has 0 aliphatic carbocycles. The normalized spacial score (nSPS) is 10.7. The molecule has 4 aromatic rings. The molecule has 0 fully saturated rings. The second kappa shape index (κ2) is 9.08. The first kappa shape index (κ1) is 21.3. The molecule has 2 amide bonds. The highest BCUT2D eigenvalue weighted by atomic mass is 35.5. The van der Waals surface area contributed by atoms with E-state index in [9.17, 15) is 9.59 Å². The monoisotopic (exact) mass is 444 g/mol. The van der Waals surface area contributed by atoms with Crippen LogP contribution in [0.25, 0.3) is 11.3 Å². The Morgan fingerprint density at radius 3 is 2.38 bits per heavy atom. The fourth-order valence-electron chi connectivity index (χ4n) is 3.48. The molecule has 0 aliphatic rings. The molecule has 0 bridgehead atoms. The van der Waals surface area contributed by atoms with Crippen molar-refractivity contribution in [2.75, 3.05) is 5.32 Å². The minimum atomic E-state index is -0.507. The predicted octanol–water partition coefficient (Wildman–Crippen LogP) is 4.91. The average molecular weight is 445 g/mol. The third-order valence-corrected chi connectivity index (χ3v) is 5.31. The van der Waals surface area contributed by atoms with Gasteiger partial charge in [0.15, 0.2) is 0 Å². The van der Waals surface area contributed by atoms with Crippen molar-refractivity contribution >= 4 is 29.1 Å². The summed E-state index contributed by atoms with van der Waals surface area (Å²) in [7, 11) is 0. The summed E-state index contributed by atoms with van der Waals surface area (Å²) in [5.41, 5.74) is 9.88. The molecule has 160 valence electrons. The van der Waals surface area contributed by atoms with Crippen LogP contribution in [-0.4, -0.2) is 21.6 Å². The summed E-state index contributed by atoms with van der Waals surface area (Å²) >= 11 is 6.03. The summed E-state index contributed by atoms with van der Waals surface area (Å²) in [4.78, 5) is 24.7. The standard InChI is InChI=1S/C25H21ClN4O2/c1-16-13-20(11-12-21(16)24(27)31)28-25(32)22-15-30(14-17-5-3-2-4-6-17)29-23(22)18-7-9-19(26)10-8-18/h2-13,15H,14H2,1H3,(H2,27,31)(H,28,32). The Hall–Kier alpha value is -3.90. The predicted molar refractivity (Wildman–Crippen MR) is 126 cm³/mol. The van der Waals surface area contributed by atoms with Gasteiger partial charge in [0.2, 0.25) is 5.91 Å². The quantitative estimate of drug-likeness (QED) is 0.442. The summed E-state index contributed by atoms with van der Waals surface area (Å²) in [6.07, 6.45) is 1.73. The van der Waals surface area contributed by atoms with Crippen molar-refractivity contribution in [3.8, 4) is 11.3 Å². The molecular formula is C25H21ClN4O2. The van der Waals surface area contributed by atoms with Gasteiger partial charge in [0.05, 0.1) is 12.1 Å². The Morgan fingerprint density at radius 1 is 1.00 bits per heavy atom. The van der Waals surface area contributed by atoms with E-state index in [0.29, 0.717) is 39.6 Å². The highest BCUT2D eigenvalue weighted by Gasteiger charge is 2.19. The number of anilines is 1. The minimum absolute atomic E-state index is 0.305. The molecule has 0 spiro atoms. The maximum absolute atomic E-state index is 13.2. The zero-order valence-electron chi connectivity index (χ0n) is 17.4. The number of hydrogen-bond donors (Lipinski definition) is 2. The van der Waals surface area contributed by atoms with Gasteiger partial charge in [0.25, 0.3) is 5.91 Å². The molecule has 3 N–H and O–H groups in total. The number of nitrogens with zero attached hydrogens (tertiary/aromatic N) is 2. The van der Waals surface area contributed by atoms with Crippen LogP contribution in [0.1, 0.15) is 31.8 Å². The summed E-state index contributed by atoms with van der Waals surface area (Å²) in [6.45, 7) is 2.30. The smallest absolute Gasteiger partial charge is 0.259 e. The lowest BCUT2D eigenvalue weighted by Crippen LogP contribution is -2.15. The van der Waals surface area contributed by atoms with Gasteiger partial charge < -0.3 is 11.1 Å². The maximum Gasteiger partial charge on any atom is 0.259 e. The Kier molecular flexibility index (Phi) is 6.05. The molecule has 1 heterocycles. The van der Waals surface area contributed by atoms with Crippen LogP contribution in [-0.2, 0) is 6.54 Å². The molecule has 7 heteroatoms. The molecule has 3 aromatic carbocycles. The zero-order chi connectivity index (χ0) is 22.7. The van der Waals surface area contributed by atoms with Crippen LogP contribution in [0.15, 0.2) is 79.0 Å². The van der Waals surface area contributed by atoms with E-state index in [0.717, 1.165) is 11.1 Å².